The molecular weight excluding hydrogens is 267 g/mol. The molecule has 0 atom stereocenters. The van der Waals surface area contributed by atoms with Crippen LogP contribution >= 0.6 is 27.5 Å². The summed E-state index contributed by atoms with van der Waals surface area (Å²) in [7, 11) is 0. The third-order valence-electron chi connectivity index (χ3n) is 1.84. The van der Waals surface area contributed by atoms with Gasteiger partial charge in [-0.15, -0.1) is 0 Å². The number of hydrogen-bond donors (Lipinski definition) is 1. The van der Waals surface area contributed by atoms with E-state index < -0.39 is 0 Å². The lowest BCUT2D eigenvalue weighted by molar-refractivity contribution is 0.0990. The fourth-order valence-electron chi connectivity index (χ4n) is 1.10. The van der Waals surface area contributed by atoms with Crippen LogP contribution < -0.4 is 0 Å². The number of carbonyl (C=O) groups excluding carboxylic acids is 1. The van der Waals surface area contributed by atoms with E-state index >= 15 is 0 Å². The first kappa shape index (κ1) is 11.7. The van der Waals surface area contributed by atoms with Crippen molar-refractivity contribution in [2.24, 2.45) is 0 Å². The van der Waals surface area contributed by atoms with Crippen molar-refractivity contribution in [1.29, 1.82) is 0 Å². The molecule has 0 heterocycles. The summed E-state index contributed by atoms with van der Waals surface area (Å²) < 4.78 is 0. The standard InChI is InChI=1S/C10H10BrClO2/c11-4-3-10(14)8-2-1-7(6-13)5-9(8)12/h1-2,5,13H,3-4,6H2. The first-order valence-electron chi connectivity index (χ1n) is 4.17. The Morgan fingerprint density at radius 3 is 2.71 bits per heavy atom. The van der Waals surface area contributed by atoms with Crippen LogP contribution in [0.2, 0.25) is 5.02 Å². The van der Waals surface area contributed by atoms with Crippen molar-refractivity contribution in [2.45, 2.75) is 13.0 Å². The van der Waals surface area contributed by atoms with E-state index in [1.165, 1.54) is 0 Å². The molecule has 0 unspecified atom stereocenters. The second-order valence-corrected chi connectivity index (χ2v) is 4.03. The van der Waals surface area contributed by atoms with E-state index in [2.05, 4.69) is 15.9 Å². The Kier molecular flexibility index (Phi) is 4.58. The van der Waals surface area contributed by atoms with Gasteiger partial charge in [0.2, 0.25) is 0 Å². The molecule has 0 saturated heterocycles. The summed E-state index contributed by atoms with van der Waals surface area (Å²) in [6.07, 6.45) is 0.429. The molecule has 0 saturated carbocycles. The average Bonchev–Trinajstić information content (AvgIpc) is 2.17. The van der Waals surface area contributed by atoms with Crippen molar-refractivity contribution >= 4 is 33.3 Å². The lowest BCUT2D eigenvalue weighted by Crippen LogP contribution is -2.01. The monoisotopic (exact) mass is 276 g/mol. The number of aliphatic hydroxyl groups is 1. The number of ketones is 1. The van der Waals surface area contributed by atoms with Crippen LogP contribution in [0.5, 0.6) is 0 Å². The maximum Gasteiger partial charge on any atom is 0.165 e. The molecule has 1 aromatic carbocycles. The van der Waals surface area contributed by atoms with Crippen LogP contribution in [-0.2, 0) is 6.61 Å². The maximum atomic E-state index is 11.5. The highest BCUT2D eigenvalue weighted by Gasteiger charge is 2.09. The van der Waals surface area contributed by atoms with Gasteiger partial charge in [0.1, 0.15) is 0 Å². The van der Waals surface area contributed by atoms with Crippen LogP contribution in [0.3, 0.4) is 0 Å². The summed E-state index contributed by atoms with van der Waals surface area (Å²) in [5.74, 6) is 0.0105. The minimum atomic E-state index is -0.0629. The van der Waals surface area contributed by atoms with E-state index in [9.17, 15) is 4.79 Å². The molecule has 4 heteroatoms. The van der Waals surface area contributed by atoms with Crippen molar-refractivity contribution in [3.63, 3.8) is 0 Å². The summed E-state index contributed by atoms with van der Waals surface area (Å²) in [6.45, 7) is -0.0629. The highest BCUT2D eigenvalue weighted by molar-refractivity contribution is 9.09. The van der Waals surface area contributed by atoms with Crippen molar-refractivity contribution in [3.8, 4) is 0 Å². The smallest absolute Gasteiger partial charge is 0.165 e. The summed E-state index contributed by atoms with van der Waals surface area (Å²) >= 11 is 9.09. The SMILES string of the molecule is O=C(CCBr)c1ccc(CO)cc1Cl. The maximum absolute atomic E-state index is 11.5. The number of benzene rings is 1. The second-order valence-electron chi connectivity index (χ2n) is 2.83. The Labute approximate surface area is 96.0 Å². The van der Waals surface area contributed by atoms with E-state index in [0.717, 1.165) is 0 Å². The molecule has 0 aliphatic carbocycles. The quantitative estimate of drug-likeness (QED) is 0.679. The van der Waals surface area contributed by atoms with Crippen molar-refractivity contribution in [3.05, 3.63) is 34.3 Å². The van der Waals surface area contributed by atoms with Crippen LogP contribution in [0.4, 0.5) is 0 Å². The number of Topliss-reactive ketones (excluding diaryl/α,β-unsaturated/α-hetero) is 1. The molecule has 14 heavy (non-hydrogen) atoms. The molecule has 0 amide bonds. The molecule has 1 N–H and O–H groups in total. The Bertz CT molecular complexity index is 339. The van der Waals surface area contributed by atoms with E-state index in [1.807, 2.05) is 0 Å². The minimum Gasteiger partial charge on any atom is -0.392 e. The van der Waals surface area contributed by atoms with Gasteiger partial charge >= 0.3 is 0 Å². The largest absolute Gasteiger partial charge is 0.392 e. The molecule has 0 fully saturated rings. The lowest BCUT2D eigenvalue weighted by atomic mass is 10.1. The molecule has 0 aliphatic rings. The average molecular weight is 278 g/mol. The molecule has 2 nitrogen and oxygen atoms in total. The first-order valence-corrected chi connectivity index (χ1v) is 5.67. The molecule has 0 spiro atoms. The van der Waals surface area contributed by atoms with Crippen molar-refractivity contribution in [1.82, 2.24) is 0 Å². The van der Waals surface area contributed by atoms with Gasteiger partial charge in [0.15, 0.2) is 5.78 Å². The number of rotatable bonds is 4. The van der Waals surface area contributed by atoms with Crippen LogP contribution in [0.25, 0.3) is 0 Å². The molecule has 1 rings (SSSR count). The zero-order valence-corrected chi connectivity index (χ0v) is 9.81. The summed E-state index contributed by atoms with van der Waals surface area (Å²) in [6, 6.07) is 4.97. The van der Waals surface area contributed by atoms with Gasteiger partial charge in [-0.1, -0.05) is 33.6 Å². The zero-order chi connectivity index (χ0) is 10.6. The molecule has 0 aromatic heterocycles. The number of hydrogen-bond acceptors (Lipinski definition) is 2. The second kappa shape index (κ2) is 5.49. The summed E-state index contributed by atoms with van der Waals surface area (Å²) in [5.41, 5.74) is 1.23. The molecule has 76 valence electrons. The fraction of sp³-hybridized carbons (Fsp3) is 0.300. The minimum absolute atomic E-state index is 0.0105. The molecule has 0 bridgehead atoms. The number of aliphatic hydroxyl groups excluding tert-OH is 1. The number of halogens is 2. The highest BCUT2D eigenvalue weighted by atomic mass is 79.9. The van der Waals surface area contributed by atoms with Gasteiger partial charge in [0.05, 0.1) is 11.6 Å². The van der Waals surface area contributed by atoms with E-state index in [4.69, 9.17) is 16.7 Å². The topological polar surface area (TPSA) is 37.3 Å². The third-order valence-corrected chi connectivity index (χ3v) is 2.55. The zero-order valence-electron chi connectivity index (χ0n) is 7.46. The number of carbonyl (C=O) groups is 1. The highest BCUT2D eigenvalue weighted by Crippen LogP contribution is 2.19. The predicted molar refractivity (Wildman–Crippen MR) is 60.1 cm³/mol. The van der Waals surface area contributed by atoms with Gasteiger partial charge < -0.3 is 5.11 Å². The summed E-state index contributed by atoms with van der Waals surface area (Å²) in [5, 5.41) is 9.88. The molecule has 0 radical (unpaired) electrons. The van der Waals surface area contributed by atoms with Crippen molar-refractivity contribution < 1.29 is 9.90 Å². The van der Waals surface area contributed by atoms with Gasteiger partial charge in [-0.3, -0.25) is 4.79 Å². The molecular formula is C10H10BrClO2. The van der Waals surface area contributed by atoms with Gasteiger partial charge in [0.25, 0.3) is 0 Å². The lowest BCUT2D eigenvalue weighted by Gasteiger charge is -2.03. The normalized spacial score (nSPS) is 10.2. The Morgan fingerprint density at radius 2 is 2.21 bits per heavy atom. The van der Waals surface area contributed by atoms with Crippen LogP contribution in [0.15, 0.2) is 18.2 Å². The Morgan fingerprint density at radius 1 is 1.50 bits per heavy atom. The van der Waals surface area contributed by atoms with E-state index in [-0.39, 0.29) is 12.4 Å². The summed E-state index contributed by atoms with van der Waals surface area (Å²) in [4.78, 5) is 11.5. The molecule has 0 aliphatic heterocycles. The fourth-order valence-corrected chi connectivity index (χ4v) is 1.77. The van der Waals surface area contributed by atoms with Gasteiger partial charge in [-0.25, -0.2) is 0 Å². The third kappa shape index (κ3) is 2.80. The van der Waals surface area contributed by atoms with Gasteiger partial charge in [0, 0.05) is 17.3 Å². The van der Waals surface area contributed by atoms with Gasteiger partial charge in [-0.05, 0) is 17.7 Å². The van der Waals surface area contributed by atoms with E-state index in [1.54, 1.807) is 18.2 Å². The molecule has 1 aromatic rings. The van der Waals surface area contributed by atoms with Gasteiger partial charge in [-0.2, -0.15) is 0 Å². The van der Waals surface area contributed by atoms with Crippen molar-refractivity contribution in [2.75, 3.05) is 5.33 Å². The van der Waals surface area contributed by atoms with Crippen LogP contribution in [-0.4, -0.2) is 16.2 Å². The Hall–Kier alpha value is -0.380. The van der Waals surface area contributed by atoms with Crippen LogP contribution in [0.1, 0.15) is 22.3 Å². The van der Waals surface area contributed by atoms with Crippen LogP contribution in [0, 0.1) is 0 Å². The number of alkyl halides is 1. The Balaban J connectivity index is 2.94. The first-order chi connectivity index (χ1) is 6.69. The van der Waals surface area contributed by atoms with E-state index in [0.29, 0.717) is 27.9 Å². The predicted octanol–water partition coefficient (Wildman–Crippen LogP) is 2.80.